The molecule has 8 heteroatoms. The summed E-state index contributed by atoms with van der Waals surface area (Å²) in [5.74, 6) is -0.746. The summed E-state index contributed by atoms with van der Waals surface area (Å²) in [7, 11) is 1.81. The molecule has 0 fully saturated rings. The summed E-state index contributed by atoms with van der Waals surface area (Å²) in [6.07, 6.45) is 1.48. The minimum atomic E-state index is -0.474. The van der Waals surface area contributed by atoms with Crippen molar-refractivity contribution in [3.8, 4) is 0 Å². The van der Waals surface area contributed by atoms with Crippen molar-refractivity contribution in [1.82, 2.24) is 14.8 Å². The molecule has 0 N–H and O–H groups in total. The van der Waals surface area contributed by atoms with E-state index in [0.717, 1.165) is 5.56 Å². The molecule has 0 aliphatic carbocycles. The molecule has 2 aliphatic rings. The van der Waals surface area contributed by atoms with Crippen LogP contribution in [0.2, 0.25) is 0 Å². The molecule has 32 heavy (non-hydrogen) atoms. The molecular weight excluding hydrogens is 412 g/mol. The number of Topliss-reactive ketones (excluding diaryl/α,β-unsaturated/α-hetero) is 1. The molecule has 164 valence electrons. The number of benzene rings is 2. The van der Waals surface area contributed by atoms with Gasteiger partial charge in [0, 0.05) is 23.7 Å². The molecule has 2 atom stereocenters. The van der Waals surface area contributed by atoms with Crippen molar-refractivity contribution < 1.29 is 13.6 Å². The van der Waals surface area contributed by atoms with Crippen LogP contribution in [0.1, 0.15) is 60.0 Å². The van der Waals surface area contributed by atoms with Crippen molar-refractivity contribution >= 4 is 17.2 Å². The molecule has 1 aromatic heterocycles. The number of hydrogen-bond donors (Lipinski definition) is 0. The highest BCUT2D eigenvalue weighted by Crippen LogP contribution is 2.51. The Hall–Kier alpha value is -3.42. The van der Waals surface area contributed by atoms with Gasteiger partial charge in [-0.2, -0.15) is 5.10 Å². The average Bonchev–Trinajstić information content (AvgIpc) is 3.14. The van der Waals surface area contributed by atoms with E-state index in [1.807, 2.05) is 20.8 Å². The Morgan fingerprint density at radius 3 is 2.41 bits per heavy atom. The summed E-state index contributed by atoms with van der Waals surface area (Å²) in [5, 5.41) is 4.26. The summed E-state index contributed by atoms with van der Waals surface area (Å²) in [6.45, 7) is 6.04. The molecule has 0 radical (unpaired) electrons. The zero-order chi connectivity index (χ0) is 22.8. The highest BCUT2D eigenvalue weighted by molar-refractivity contribution is 6.21. The lowest BCUT2D eigenvalue weighted by Gasteiger charge is -2.51. The zero-order valence-corrected chi connectivity index (χ0v) is 18.3. The van der Waals surface area contributed by atoms with Crippen molar-refractivity contribution in [2.45, 2.75) is 38.3 Å². The molecule has 0 saturated heterocycles. The molecule has 5 rings (SSSR count). The standard InChI is InChI=1S/C24H23F2N5O/c1-24(2,3)31-17-10-15(26)9-16-18(32)11-27-21(19(16)17)20(23-28-12-29-30(23)4)22(31)13-5-7-14(25)8-6-13/h5-10,12,20,22H,11H2,1-4H3/t20-,22+/m0/s1. The summed E-state index contributed by atoms with van der Waals surface area (Å²) in [5.41, 5.74) is 2.63. The van der Waals surface area contributed by atoms with Crippen molar-refractivity contribution in [3.05, 3.63) is 76.9 Å². The first-order valence-corrected chi connectivity index (χ1v) is 10.5. The van der Waals surface area contributed by atoms with E-state index in [4.69, 9.17) is 0 Å². The van der Waals surface area contributed by atoms with Crippen LogP contribution in [0.4, 0.5) is 14.5 Å². The van der Waals surface area contributed by atoms with Crippen molar-refractivity contribution in [3.63, 3.8) is 0 Å². The third kappa shape index (κ3) is 3.04. The SMILES string of the molecule is Cn1ncnc1[C@H]1C2=NCC(=O)c3cc(F)cc(c32)N(C(C)(C)C)[C@@H]1c1ccc(F)cc1. The molecule has 3 heterocycles. The number of aryl methyl sites for hydroxylation is 1. The number of hydrogen-bond acceptors (Lipinski definition) is 5. The largest absolute Gasteiger partial charge is 0.358 e. The molecule has 2 aliphatic heterocycles. The Bertz CT molecular complexity index is 1260. The molecule has 0 amide bonds. The first-order chi connectivity index (χ1) is 15.2. The van der Waals surface area contributed by atoms with Gasteiger partial charge in [-0.25, -0.2) is 13.8 Å². The van der Waals surface area contributed by atoms with Gasteiger partial charge in [-0.05, 0) is 50.6 Å². The maximum Gasteiger partial charge on any atom is 0.185 e. The lowest BCUT2D eigenvalue weighted by molar-refractivity contribution is 0.0999. The molecule has 0 saturated carbocycles. The molecule has 0 bridgehead atoms. The van der Waals surface area contributed by atoms with E-state index in [0.29, 0.717) is 28.4 Å². The summed E-state index contributed by atoms with van der Waals surface area (Å²) >= 11 is 0. The summed E-state index contributed by atoms with van der Waals surface area (Å²) in [6, 6.07) is 8.70. The van der Waals surface area contributed by atoms with Gasteiger partial charge in [0.05, 0.1) is 23.4 Å². The number of carbonyl (C=O) groups excluding carboxylic acids is 1. The number of aromatic nitrogens is 3. The van der Waals surface area contributed by atoms with Crippen molar-refractivity contribution in [1.29, 1.82) is 0 Å². The molecule has 2 aromatic carbocycles. The molecule has 3 aromatic rings. The predicted octanol–water partition coefficient (Wildman–Crippen LogP) is 4.22. The molecular formula is C24H23F2N5O. The van der Waals surface area contributed by atoms with Crippen molar-refractivity contribution in [2.24, 2.45) is 12.0 Å². The van der Waals surface area contributed by atoms with Crippen LogP contribution >= 0.6 is 0 Å². The van der Waals surface area contributed by atoms with Gasteiger partial charge in [0.25, 0.3) is 0 Å². The van der Waals surface area contributed by atoms with Crippen LogP contribution in [-0.2, 0) is 7.05 Å². The average molecular weight is 435 g/mol. The number of aliphatic imine (C=N–C) groups is 1. The Morgan fingerprint density at radius 1 is 1.06 bits per heavy atom. The smallest absolute Gasteiger partial charge is 0.185 e. The fourth-order valence-corrected chi connectivity index (χ4v) is 4.93. The zero-order valence-electron chi connectivity index (χ0n) is 18.3. The normalized spacial score (nSPS) is 20.2. The van der Waals surface area contributed by atoms with Gasteiger partial charge < -0.3 is 4.90 Å². The maximum absolute atomic E-state index is 14.8. The van der Waals surface area contributed by atoms with Gasteiger partial charge in [-0.3, -0.25) is 14.5 Å². The van der Waals surface area contributed by atoms with Gasteiger partial charge in [0.15, 0.2) is 5.78 Å². The lowest BCUT2D eigenvalue weighted by atomic mass is 9.75. The van der Waals surface area contributed by atoms with E-state index < -0.39 is 17.3 Å². The van der Waals surface area contributed by atoms with E-state index in [1.165, 1.54) is 30.6 Å². The number of nitrogens with zero attached hydrogens (tertiary/aromatic N) is 5. The molecule has 6 nitrogen and oxygen atoms in total. The van der Waals surface area contributed by atoms with Crippen LogP contribution in [0.3, 0.4) is 0 Å². The van der Waals surface area contributed by atoms with Crippen LogP contribution in [0.25, 0.3) is 0 Å². The topological polar surface area (TPSA) is 63.4 Å². The number of ketones is 1. The van der Waals surface area contributed by atoms with E-state index in [9.17, 15) is 13.6 Å². The number of rotatable bonds is 2. The molecule has 0 unspecified atom stereocenters. The van der Waals surface area contributed by atoms with Crippen LogP contribution in [0, 0.1) is 11.6 Å². The van der Waals surface area contributed by atoms with E-state index >= 15 is 0 Å². The minimum absolute atomic E-state index is 0.0504. The Morgan fingerprint density at radius 2 is 1.78 bits per heavy atom. The van der Waals surface area contributed by atoms with Crippen LogP contribution in [0.15, 0.2) is 47.7 Å². The van der Waals surface area contributed by atoms with Crippen LogP contribution in [-0.4, -0.2) is 38.3 Å². The lowest BCUT2D eigenvalue weighted by Crippen LogP contribution is -2.52. The van der Waals surface area contributed by atoms with Crippen LogP contribution in [0.5, 0.6) is 0 Å². The third-order valence-electron chi connectivity index (χ3n) is 6.14. The number of carbonyl (C=O) groups is 1. The van der Waals surface area contributed by atoms with Gasteiger partial charge >= 0.3 is 0 Å². The first kappa shape index (κ1) is 20.5. The highest BCUT2D eigenvalue weighted by Gasteiger charge is 2.48. The number of halogens is 2. The third-order valence-corrected chi connectivity index (χ3v) is 6.14. The minimum Gasteiger partial charge on any atom is -0.358 e. The number of anilines is 1. The second kappa shape index (κ2) is 7.05. The van der Waals surface area contributed by atoms with E-state index in [2.05, 4.69) is 20.0 Å². The van der Waals surface area contributed by atoms with Crippen LogP contribution < -0.4 is 4.90 Å². The fourth-order valence-electron chi connectivity index (χ4n) is 4.93. The highest BCUT2D eigenvalue weighted by atomic mass is 19.1. The van der Waals surface area contributed by atoms with Gasteiger partial charge in [0.2, 0.25) is 0 Å². The summed E-state index contributed by atoms with van der Waals surface area (Å²) in [4.78, 5) is 24.0. The monoisotopic (exact) mass is 435 g/mol. The predicted molar refractivity (Wildman–Crippen MR) is 117 cm³/mol. The Labute approximate surface area is 184 Å². The summed E-state index contributed by atoms with van der Waals surface area (Å²) < 4.78 is 30.2. The fraction of sp³-hybridized carbons (Fsp3) is 0.333. The van der Waals surface area contributed by atoms with E-state index in [1.54, 1.807) is 23.9 Å². The Kier molecular flexibility index (Phi) is 4.51. The molecule has 0 spiro atoms. The quantitative estimate of drug-likeness (QED) is 0.605. The van der Waals surface area contributed by atoms with E-state index in [-0.39, 0.29) is 24.2 Å². The first-order valence-electron chi connectivity index (χ1n) is 10.5. The van der Waals surface area contributed by atoms with Crippen molar-refractivity contribution in [2.75, 3.05) is 11.4 Å². The van der Waals surface area contributed by atoms with Gasteiger partial charge in [-0.1, -0.05) is 12.1 Å². The second-order valence-electron chi connectivity index (χ2n) is 9.23. The van der Waals surface area contributed by atoms with Gasteiger partial charge in [0.1, 0.15) is 30.3 Å². The second-order valence-corrected chi connectivity index (χ2v) is 9.23. The van der Waals surface area contributed by atoms with Gasteiger partial charge in [-0.15, -0.1) is 0 Å². The Balaban J connectivity index is 1.88. The maximum atomic E-state index is 14.8.